The lowest BCUT2D eigenvalue weighted by molar-refractivity contribution is -0.0522. The van der Waals surface area contributed by atoms with Crippen LogP contribution in [0.4, 0.5) is 0 Å². The maximum Gasteiger partial charge on any atom is 0.140 e. The molecule has 0 bridgehead atoms. The van der Waals surface area contributed by atoms with E-state index < -0.39 is 0 Å². The summed E-state index contributed by atoms with van der Waals surface area (Å²) in [5.41, 5.74) is 0. The lowest BCUT2D eigenvalue weighted by Gasteiger charge is -2.36. The van der Waals surface area contributed by atoms with Crippen LogP contribution in [0.2, 0.25) is 0 Å². The Balaban J connectivity index is 1.99. The molecule has 0 N–H and O–H groups in total. The molecule has 1 saturated heterocycles. The second kappa shape index (κ2) is 5.12. The topological polar surface area (TPSA) is 43.2 Å². The van der Waals surface area contributed by atoms with Gasteiger partial charge in [-0.1, -0.05) is 0 Å². The van der Waals surface area contributed by atoms with Gasteiger partial charge in [0.05, 0.1) is 19.3 Å². The van der Waals surface area contributed by atoms with Crippen LogP contribution in [0, 0.1) is 0 Å². The minimum Gasteiger partial charge on any atom is -0.374 e. The van der Waals surface area contributed by atoms with Gasteiger partial charge in [-0.15, -0.1) is 11.6 Å². The number of hydrogen-bond acceptors (Lipinski definition) is 4. The molecule has 0 radical (unpaired) electrons. The Morgan fingerprint density at radius 1 is 1.62 bits per heavy atom. The van der Waals surface area contributed by atoms with Crippen LogP contribution < -0.4 is 0 Å². The van der Waals surface area contributed by atoms with E-state index in [2.05, 4.69) is 21.9 Å². The first-order chi connectivity index (χ1) is 7.70. The third-order valence-corrected chi connectivity index (χ3v) is 3.30. The van der Waals surface area contributed by atoms with Crippen molar-refractivity contribution in [3.05, 3.63) is 12.2 Å². The van der Waals surface area contributed by atoms with Crippen LogP contribution in [0.3, 0.4) is 0 Å². The lowest BCUT2D eigenvalue weighted by atomic mass is 10.2. The summed E-state index contributed by atoms with van der Waals surface area (Å²) in [6.07, 6.45) is 1.71. The molecule has 0 saturated carbocycles. The first-order valence-corrected chi connectivity index (χ1v) is 5.98. The number of rotatable bonds is 3. The number of ether oxygens (including phenoxy) is 1. The normalized spacial score (nSPS) is 27.2. The van der Waals surface area contributed by atoms with Crippen molar-refractivity contribution < 1.29 is 4.74 Å². The van der Waals surface area contributed by atoms with Crippen LogP contribution in [-0.2, 0) is 18.3 Å². The number of alkyl halides is 1. The van der Waals surface area contributed by atoms with Gasteiger partial charge in [0.25, 0.3) is 0 Å². The van der Waals surface area contributed by atoms with Gasteiger partial charge in [-0.05, 0) is 6.92 Å². The second-order valence-corrected chi connectivity index (χ2v) is 4.50. The van der Waals surface area contributed by atoms with E-state index in [1.54, 1.807) is 11.0 Å². The molecule has 1 aromatic rings. The molecule has 16 heavy (non-hydrogen) atoms. The van der Waals surface area contributed by atoms with Crippen LogP contribution in [0.1, 0.15) is 12.7 Å². The highest BCUT2D eigenvalue weighted by Gasteiger charge is 2.26. The number of aromatic nitrogens is 3. The zero-order chi connectivity index (χ0) is 11.5. The summed E-state index contributed by atoms with van der Waals surface area (Å²) >= 11 is 5.82. The van der Waals surface area contributed by atoms with Gasteiger partial charge in [-0.2, -0.15) is 5.10 Å². The molecule has 2 unspecified atom stereocenters. The highest BCUT2D eigenvalue weighted by atomic mass is 35.5. The average Bonchev–Trinajstić information content (AvgIpc) is 2.68. The molecule has 0 aromatic carbocycles. The van der Waals surface area contributed by atoms with Crippen LogP contribution >= 0.6 is 11.6 Å². The molecule has 0 spiro atoms. The molecule has 2 heterocycles. The van der Waals surface area contributed by atoms with E-state index in [0.717, 1.165) is 25.5 Å². The van der Waals surface area contributed by atoms with Crippen molar-refractivity contribution in [1.29, 1.82) is 0 Å². The molecule has 0 aliphatic carbocycles. The fourth-order valence-corrected chi connectivity index (χ4v) is 2.02. The Morgan fingerprint density at radius 3 is 3.06 bits per heavy atom. The molecule has 1 aliphatic heterocycles. The van der Waals surface area contributed by atoms with Crippen molar-refractivity contribution in [3.8, 4) is 0 Å². The van der Waals surface area contributed by atoms with Crippen LogP contribution in [0.25, 0.3) is 0 Å². The van der Waals surface area contributed by atoms with E-state index in [1.165, 1.54) is 0 Å². The van der Waals surface area contributed by atoms with Gasteiger partial charge in [-0.3, -0.25) is 9.58 Å². The summed E-state index contributed by atoms with van der Waals surface area (Å²) in [5.74, 6) is 1.52. The summed E-state index contributed by atoms with van der Waals surface area (Å²) in [6, 6.07) is 0.399. The summed E-state index contributed by atoms with van der Waals surface area (Å²) in [6.45, 7) is 4.54. The minimum atomic E-state index is 0.131. The first-order valence-electron chi connectivity index (χ1n) is 5.45. The molecule has 1 fully saturated rings. The average molecular weight is 245 g/mol. The van der Waals surface area contributed by atoms with Gasteiger partial charge < -0.3 is 4.74 Å². The zero-order valence-corrected chi connectivity index (χ0v) is 10.4. The van der Waals surface area contributed by atoms with Crippen molar-refractivity contribution in [1.82, 2.24) is 19.7 Å². The molecule has 90 valence electrons. The number of nitrogens with zero attached hydrogens (tertiary/aromatic N) is 4. The number of halogens is 1. The first kappa shape index (κ1) is 11.8. The largest absolute Gasteiger partial charge is 0.374 e. The summed E-state index contributed by atoms with van der Waals surface area (Å²) in [7, 11) is 1.91. The molecule has 2 atom stereocenters. The molecular formula is C10H17ClN4O. The van der Waals surface area contributed by atoms with E-state index in [-0.39, 0.29) is 6.10 Å². The monoisotopic (exact) mass is 244 g/mol. The Labute approximate surface area is 100 Å². The van der Waals surface area contributed by atoms with Gasteiger partial charge in [0.1, 0.15) is 12.2 Å². The van der Waals surface area contributed by atoms with Gasteiger partial charge >= 0.3 is 0 Å². The third kappa shape index (κ3) is 2.53. The molecule has 0 amide bonds. The Bertz CT molecular complexity index is 343. The van der Waals surface area contributed by atoms with Crippen LogP contribution in [-0.4, -0.2) is 50.8 Å². The number of morpholine rings is 1. The smallest absolute Gasteiger partial charge is 0.140 e. The van der Waals surface area contributed by atoms with Crippen molar-refractivity contribution in [2.24, 2.45) is 7.05 Å². The summed E-state index contributed by atoms with van der Waals surface area (Å²) < 4.78 is 7.41. The highest BCUT2D eigenvalue weighted by Crippen LogP contribution is 2.14. The fourth-order valence-electron chi connectivity index (χ4n) is 1.83. The maximum absolute atomic E-state index is 5.82. The summed E-state index contributed by atoms with van der Waals surface area (Å²) in [5, 5.41) is 4.07. The molecule has 1 aliphatic rings. The van der Waals surface area contributed by atoms with Crippen molar-refractivity contribution in [2.45, 2.75) is 25.6 Å². The van der Waals surface area contributed by atoms with Crippen molar-refractivity contribution in [2.75, 3.05) is 19.0 Å². The SMILES string of the molecule is CC1COC(CCl)CN1Cc1ncnn1C. The van der Waals surface area contributed by atoms with Gasteiger partial charge in [0.2, 0.25) is 0 Å². The molecule has 1 aromatic heterocycles. The molecular weight excluding hydrogens is 228 g/mol. The van der Waals surface area contributed by atoms with E-state index in [0.29, 0.717) is 11.9 Å². The molecule has 6 heteroatoms. The highest BCUT2D eigenvalue weighted by molar-refractivity contribution is 6.18. The van der Waals surface area contributed by atoms with E-state index in [1.807, 2.05) is 7.05 Å². The Morgan fingerprint density at radius 2 is 2.44 bits per heavy atom. The maximum atomic E-state index is 5.82. The fraction of sp³-hybridized carbons (Fsp3) is 0.800. The number of aryl methyl sites for hydroxylation is 1. The third-order valence-electron chi connectivity index (χ3n) is 2.96. The van der Waals surface area contributed by atoms with Gasteiger partial charge in [0.15, 0.2) is 0 Å². The van der Waals surface area contributed by atoms with Crippen LogP contribution in [0.15, 0.2) is 6.33 Å². The predicted octanol–water partition coefficient (Wildman–Crippen LogP) is 0.643. The van der Waals surface area contributed by atoms with E-state index in [4.69, 9.17) is 16.3 Å². The zero-order valence-electron chi connectivity index (χ0n) is 9.64. The quantitative estimate of drug-likeness (QED) is 0.732. The lowest BCUT2D eigenvalue weighted by Crippen LogP contribution is -2.48. The predicted molar refractivity (Wildman–Crippen MR) is 61.3 cm³/mol. The Kier molecular flexibility index (Phi) is 3.78. The van der Waals surface area contributed by atoms with E-state index in [9.17, 15) is 0 Å². The standard InChI is InChI=1S/C10H17ClN4O/c1-8-6-16-9(3-11)4-15(8)5-10-12-7-13-14(10)2/h7-9H,3-6H2,1-2H3. The van der Waals surface area contributed by atoms with Crippen molar-refractivity contribution in [3.63, 3.8) is 0 Å². The number of hydrogen-bond donors (Lipinski definition) is 0. The van der Waals surface area contributed by atoms with Crippen molar-refractivity contribution >= 4 is 11.6 Å². The van der Waals surface area contributed by atoms with E-state index >= 15 is 0 Å². The minimum absolute atomic E-state index is 0.131. The van der Waals surface area contributed by atoms with Gasteiger partial charge in [-0.25, -0.2) is 4.98 Å². The Hall–Kier alpha value is -0.650. The molecule has 2 rings (SSSR count). The molecule has 5 nitrogen and oxygen atoms in total. The van der Waals surface area contributed by atoms with Crippen LogP contribution in [0.5, 0.6) is 0 Å². The van der Waals surface area contributed by atoms with Gasteiger partial charge in [0, 0.05) is 25.5 Å². The summed E-state index contributed by atoms with van der Waals surface area (Å²) in [4.78, 5) is 6.57. The second-order valence-electron chi connectivity index (χ2n) is 4.19.